The topological polar surface area (TPSA) is 149 Å². The summed E-state index contributed by atoms with van der Waals surface area (Å²) in [5, 5.41) is 6.89. The summed E-state index contributed by atoms with van der Waals surface area (Å²) >= 11 is 0. The number of nitrogens with two attached hydrogens (primary N) is 2. The van der Waals surface area contributed by atoms with Gasteiger partial charge in [-0.05, 0) is 24.3 Å². The van der Waals surface area contributed by atoms with Crippen molar-refractivity contribution < 1.29 is 19.5 Å². The average Bonchev–Trinajstić information content (AvgIpc) is 2.50. The van der Waals surface area contributed by atoms with Gasteiger partial charge in [-0.2, -0.15) is 0 Å². The number of carboxylic acid groups (broad SMARTS) is 1. The van der Waals surface area contributed by atoms with E-state index >= 15 is 0 Å². The fraction of sp³-hybridized carbons (Fsp3) is 0. The Bertz CT molecular complexity index is 511. The van der Waals surface area contributed by atoms with Gasteiger partial charge in [-0.1, -0.05) is 12.1 Å². The second-order valence-electron chi connectivity index (χ2n) is 3.26. The molecular formula is C13H14N4O4. The largest absolute Gasteiger partial charge is 0.483 e. The second-order valence-corrected chi connectivity index (χ2v) is 3.26. The van der Waals surface area contributed by atoms with E-state index in [0.717, 1.165) is 0 Å². The Morgan fingerprint density at radius 1 is 0.905 bits per heavy atom. The molecule has 2 amide bonds. The highest BCUT2D eigenvalue weighted by Gasteiger charge is 1.96. The summed E-state index contributed by atoms with van der Waals surface area (Å²) in [4.78, 5) is 36.5. The summed E-state index contributed by atoms with van der Waals surface area (Å²) in [7, 11) is 0. The molecule has 0 aliphatic rings. The van der Waals surface area contributed by atoms with Crippen LogP contribution in [0.1, 0.15) is 21.0 Å². The smallest absolute Gasteiger partial charge is 0.290 e. The maximum Gasteiger partial charge on any atom is 0.290 e. The Labute approximate surface area is 120 Å². The number of carbonyl (C=O) groups is 3. The van der Waals surface area contributed by atoms with Crippen LogP contribution in [0.25, 0.3) is 0 Å². The van der Waals surface area contributed by atoms with Crippen LogP contribution in [-0.2, 0) is 4.79 Å². The molecule has 2 heterocycles. The molecule has 0 bridgehead atoms. The van der Waals surface area contributed by atoms with E-state index in [1.165, 1.54) is 12.4 Å². The van der Waals surface area contributed by atoms with Gasteiger partial charge in [0.15, 0.2) is 0 Å². The lowest BCUT2D eigenvalue weighted by atomic mass is 10.3. The number of hydrogen-bond donors (Lipinski definition) is 3. The van der Waals surface area contributed by atoms with Gasteiger partial charge in [-0.3, -0.25) is 24.4 Å². The van der Waals surface area contributed by atoms with Crippen LogP contribution in [0.3, 0.4) is 0 Å². The van der Waals surface area contributed by atoms with Crippen LogP contribution >= 0.6 is 0 Å². The number of pyridine rings is 2. The summed E-state index contributed by atoms with van der Waals surface area (Å²) in [6, 6.07) is 10.0. The van der Waals surface area contributed by atoms with Crippen molar-refractivity contribution in [2.75, 3.05) is 0 Å². The minimum atomic E-state index is -0.490. The van der Waals surface area contributed by atoms with Crippen molar-refractivity contribution in [3.05, 3.63) is 60.2 Å². The molecule has 0 saturated carbocycles. The van der Waals surface area contributed by atoms with Crippen molar-refractivity contribution in [3.63, 3.8) is 0 Å². The van der Waals surface area contributed by atoms with Crippen molar-refractivity contribution in [3.8, 4) is 0 Å². The molecule has 110 valence electrons. The van der Waals surface area contributed by atoms with Crippen LogP contribution in [0, 0.1) is 0 Å². The third-order valence-corrected chi connectivity index (χ3v) is 1.83. The summed E-state index contributed by atoms with van der Waals surface area (Å²) in [5.41, 5.74) is 10.4. The standard InChI is InChI=1S/2C6H6N2O.CH2O2/c2*7-6(9)5-3-1-2-4-8-5;2-1-3/h2*1-4H,(H2,7,9);1H,(H,2,3). The van der Waals surface area contributed by atoms with Gasteiger partial charge in [0, 0.05) is 12.4 Å². The third-order valence-electron chi connectivity index (χ3n) is 1.83. The minimum Gasteiger partial charge on any atom is -0.483 e. The molecule has 0 aliphatic carbocycles. The number of primary amides is 2. The molecule has 5 N–H and O–H groups in total. The Kier molecular flexibility index (Phi) is 8.95. The first-order valence-electron chi connectivity index (χ1n) is 5.52. The lowest BCUT2D eigenvalue weighted by Gasteiger charge is -1.88. The zero-order valence-corrected chi connectivity index (χ0v) is 10.9. The van der Waals surface area contributed by atoms with Gasteiger partial charge in [0.2, 0.25) is 0 Å². The number of carbonyl (C=O) groups excluding carboxylic acids is 2. The number of amides is 2. The van der Waals surface area contributed by atoms with Crippen molar-refractivity contribution >= 4 is 18.3 Å². The maximum absolute atomic E-state index is 10.4. The van der Waals surface area contributed by atoms with Crippen molar-refractivity contribution in [2.24, 2.45) is 11.5 Å². The molecule has 2 rings (SSSR count). The highest BCUT2D eigenvalue weighted by Crippen LogP contribution is 1.89. The summed E-state index contributed by atoms with van der Waals surface area (Å²) in [5.74, 6) is -0.980. The lowest BCUT2D eigenvalue weighted by Crippen LogP contribution is -2.12. The Hall–Kier alpha value is -3.29. The Morgan fingerprint density at radius 2 is 1.24 bits per heavy atom. The zero-order chi connectivity index (χ0) is 16.1. The van der Waals surface area contributed by atoms with Crippen molar-refractivity contribution in [2.45, 2.75) is 0 Å². The quantitative estimate of drug-likeness (QED) is 0.666. The van der Waals surface area contributed by atoms with Gasteiger partial charge < -0.3 is 16.6 Å². The predicted molar refractivity (Wildman–Crippen MR) is 74.2 cm³/mol. The molecule has 0 radical (unpaired) electrons. The fourth-order valence-corrected chi connectivity index (χ4v) is 1.02. The lowest BCUT2D eigenvalue weighted by molar-refractivity contribution is -0.122. The van der Waals surface area contributed by atoms with Gasteiger partial charge in [-0.25, -0.2) is 0 Å². The summed E-state index contributed by atoms with van der Waals surface area (Å²) in [6.07, 6.45) is 3.06. The van der Waals surface area contributed by atoms with Crippen LogP contribution in [0.15, 0.2) is 48.8 Å². The highest BCUT2D eigenvalue weighted by molar-refractivity contribution is 5.90. The van der Waals surface area contributed by atoms with Crippen molar-refractivity contribution in [1.29, 1.82) is 0 Å². The second kappa shape index (κ2) is 10.6. The van der Waals surface area contributed by atoms with Gasteiger partial charge in [0.25, 0.3) is 18.3 Å². The maximum atomic E-state index is 10.4. The summed E-state index contributed by atoms with van der Waals surface area (Å²) in [6.45, 7) is -0.250. The molecule has 0 atom stereocenters. The molecule has 0 unspecified atom stereocenters. The Morgan fingerprint density at radius 3 is 1.38 bits per heavy atom. The third kappa shape index (κ3) is 8.43. The molecule has 0 fully saturated rings. The molecule has 8 heteroatoms. The average molecular weight is 290 g/mol. The number of aromatic nitrogens is 2. The van der Waals surface area contributed by atoms with E-state index in [2.05, 4.69) is 9.97 Å². The van der Waals surface area contributed by atoms with E-state index < -0.39 is 11.8 Å². The normalized spacial score (nSPS) is 8.19. The van der Waals surface area contributed by atoms with E-state index in [1.807, 2.05) is 0 Å². The van der Waals surface area contributed by atoms with E-state index in [9.17, 15) is 9.59 Å². The van der Waals surface area contributed by atoms with Gasteiger partial charge in [0.05, 0.1) is 0 Å². The van der Waals surface area contributed by atoms with Gasteiger partial charge in [-0.15, -0.1) is 0 Å². The van der Waals surface area contributed by atoms with E-state index in [4.69, 9.17) is 21.4 Å². The molecule has 8 nitrogen and oxygen atoms in total. The number of nitrogens with zero attached hydrogens (tertiary/aromatic N) is 2. The SMILES string of the molecule is NC(=O)c1ccccn1.NC(=O)c1ccccn1.O=CO. The number of hydrogen-bond acceptors (Lipinski definition) is 5. The molecule has 2 aromatic rings. The van der Waals surface area contributed by atoms with Crippen molar-refractivity contribution in [1.82, 2.24) is 9.97 Å². The summed E-state index contributed by atoms with van der Waals surface area (Å²) < 4.78 is 0. The van der Waals surface area contributed by atoms with Crippen LogP contribution in [0.4, 0.5) is 0 Å². The molecule has 0 aromatic carbocycles. The first-order valence-corrected chi connectivity index (χ1v) is 5.52. The molecular weight excluding hydrogens is 276 g/mol. The molecule has 2 aromatic heterocycles. The van der Waals surface area contributed by atoms with Gasteiger partial charge in [0.1, 0.15) is 11.4 Å². The first-order chi connectivity index (χ1) is 10.0. The Balaban J connectivity index is 0.000000322. The molecule has 21 heavy (non-hydrogen) atoms. The van der Waals surface area contributed by atoms with Crippen LogP contribution in [-0.4, -0.2) is 33.4 Å². The predicted octanol–water partition coefficient (Wildman–Crippen LogP) is 0.0618. The first kappa shape index (κ1) is 17.7. The van der Waals surface area contributed by atoms with E-state index in [1.54, 1.807) is 36.4 Å². The number of rotatable bonds is 2. The minimum absolute atomic E-state index is 0.250. The van der Waals surface area contributed by atoms with E-state index in [-0.39, 0.29) is 6.47 Å². The fourth-order valence-electron chi connectivity index (χ4n) is 1.02. The molecule has 0 saturated heterocycles. The molecule has 0 aliphatic heterocycles. The monoisotopic (exact) mass is 290 g/mol. The van der Waals surface area contributed by atoms with Crippen LogP contribution in [0.5, 0.6) is 0 Å². The highest BCUT2D eigenvalue weighted by atomic mass is 16.3. The molecule has 0 spiro atoms. The van der Waals surface area contributed by atoms with E-state index in [0.29, 0.717) is 11.4 Å². The van der Waals surface area contributed by atoms with Gasteiger partial charge >= 0.3 is 0 Å². The zero-order valence-electron chi connectivity index (χ0n) is 10.9. The van der Waals surface area contributed by atoms with Crippen LogP contribution < -0.4 is 11.5 Å². The van der Waals surface area contributed by atoms with Crippen LogP contribution in [0.2, 0.25) is 0 Å².